The van der Waals surface area contributed by atoms with Crippen LogP contribution in [0.1, 0.15) is 5.56 Å². The number of hydrogen-bond acceptors (Lipinski definition) is 5. The highest BCUT2D eigenvalue weighted by Gasteiger charge is 2.26. The first kappa shape index (κ1) is 22.3. The van der Waals surface area contributed by atoms with E-state index in [1.54, 1.807) is 24.4 Å². The zero-order valence-electron chi connectivity index (χ0n) is 17.3. The van der Waals surface area contributed by atoms with Crippen LogP contribution < -0.4 is 5.32 Å². The van der Waals surface area contributed by atoms with E-state index in [0.717, 1.165) is 45.9 Å². The van der Waals surface area contributed by atoms with E-state index in [-0.39, 0.29) is 12.1 Å². The molecule has 1 atom stereocenters. The summed E-state index contributed by atoms with van der Waals surface area (Å²) in [5.74, 6) is 0. The molecule has 2 aliphatic rings. The Hall–Kier alpha value is -1.90. The summed E-state index contributed by atoms with van der Waals surface area (Å²) in [7, 11) is 0. The van der Waals surface area contributed by atoms with E-state index in [1.165, 1.54) is 5.56 Å². The summed E-state index contributed by atoms with van der Waals surface area (Å²) in [6, 6.07) is 9.06. The quantitative estimate of drug-likeness (QED) is 0.735. The second-order valence-electron chi connectivity index (χ2n) is 7.94. The van der Waals surface area contributed by atoms with Gasteiger partial charge in [0, 0.05) is 70.4 Å². The Balaban J connectivity index is 1.21. The van der Waals surface area contributed by atoms with Gasteiger partial charge in [-0.15, -0.1) is 0 Å². The van der Waals surface area contributed by atoms with Crippen LogP contribution in [0.15, 0.2) is 42.7 Å². The van der Waals surface area contributed by atoms with Crippen molar-refractivity contribution in [3.05, 3.63) is 58.3 Å². The molecule has 0 spiro atoms. The summed E-state index contributed by atoms with van der Waals surface area (Å²) >= 11 is 12.0. The van der Waals surface area contributed by atoms with E-state index in [2.05, 4.69) is 26.2 Å². The number of pyridine rings is 1. The maximum atomic E-state index is 12.6. The van der Waals surface area contributed by atoms with E-state index >= 15 is 0 Å². The van der Waals surface area contributed by atoms with Crippen molar-refractivity contribution in [2.24, 2.45) is 0 Å². The molecule has 7 nitrogen and oxygen atoms in total. The minimum atomic E-state index is -0.116. The number of ether oxygens (including phenoxy) is 1. The monoisotopic (exact) mass is 463 g/mol. The fourth-order valence-corrected chi connectivity index (χ4v) is 4.28. The first-order valence-electron chi connectivity index (χ1n) is 10.5. The maximum Gasteiger partial charge on any atom is 0.321 e. The Labute approximate surface area is 192 Å². The van der Waals surface area contributed by atoms with Gasteiger partial charge in [-0.1, -0.05) is 29.3 Å². The van der Waals surface area contributed by atoms with Gasteiger partial charge in [0.05, 0.1) is 22.8 Å². The molecule has 0 aliphatic carbocycles. The Bertz CT molecular complexity index is 877. The largest absolute Gasteiger partial charge is 0.374 e. The lowest BCUT2D eigenvalue weighted by Crippen LogP contribution is -2.54. The van der Waals surface area contributed by atoms with Gasteiger partial charge in [-0.2, -0.15) is 0 Å². The molecule has 2 aliphatic heterocycles. The molecule has 0 radical (unpaired) electrons. The van der Waals surface area contributed by atoms with Crippen LogP contribution in [0.3, 0.4) is 0 Å². The van der Waals surface area contributed by atoms with Gasteiger partial charge in [0.2, 0.25) is 0 Å². The number of urea groups is 1. The van der Waals surface area contributed by atoms with Gasteiger partial charge in [0.15, 0.2) is 0 Å². The van der Waals surface area contributed by atoms with Crippen molar-refractivity contribution in [2.45, 2.75) is 12.6 Å². The van der Waals surface area contributed by atoms with Gasteiger partial charge in [-0.05, 0) is 29.8 Å². The fourth-order valence-electron chi connectivity index (χ4n) is 3.98. The summed E-state index contributed by atoms with van der Waals surface area (Å²) in [5, 5.41) is 3.79. The fraction of sp³-hybridized carbons (Fsp3) is 0.455. The summed E-state index contributed by atoms with van der Waals surface area (Å²) in [6.45, 7) is 7.40. The Kier molecular flexibility index (Phi) is 7.63. The number of rotatable bonds is 5. The van der Waals surface area contributed by atoms with Crippen molar-refractivity contribution in [1.29, 1.82) is 0 Å². The predicted octanol–water partition coefficient (Wildman–Crippen LogP) is 3.44. The normalized spacial score (nSPS) is 20.6. The van der Waals surface area contributed by atoms with E-state index in [9.17, 15) is 4.79 Å². The van der Waals surface area contributed by atoms with Crippen molar-refractivity contribution < 1.29 is 9.53 Å². The third kappa shape index (κ3) is 6.30. The van der Waals surface area contributed by atoms with E-state index in [4.69, 9.17) is 27.9 Å². The first-order chi connectivity index (χ1) is 15.1. The lowest BCUT2D eigenvalue weighted by molar-refractivity contribution is -0.0492. The third-order valence-electron chi connectivity index (χ3n) is 5.64. The van der Waals surface area contributed by atoms with Gasteiger partial charge in [-0.25, -0.2) is 4.79 Å². The SMILES string of the molecule is O=C(Nc1ccc(Cl)c(Cl)c1)N1CCN(C[C@H]2CN(Cc3cccnc3)CCO2)CC1. The average molecular weight is 464 g/mol. The second-order valence-corrected chi connectivity index (χ2v) is 8.75. The lowest BCUT2D eigenvalue weighted by Gasteiger charge is -2.39. The number of amides is 2. The summed E-state index contributed by atoms with van der Waals surface area (Å²) in [5.41, 5.74) is 1.87. The molecule has 2 amide bonds. The Morgan fingerprint density at radius 1 is 1.10 bits per heavy atom. The van der Waals surface area contributed by atoms with Crippen LogP contribution in [-0.4, -0.2) is 84.2 Å². The van der Waals surface area contributed by atoms with Gasteiger partial charge < -0.3 is 15.0 Å². The summed E-state index contributed by atoms with van der Waals surface area (Å²) in [4.78, 5) is 23.4. The number of anilines is 1. The molecular weight excluding hydrogens is 437 g/mol. The maximum absolute atomic E-state index is 12.6. The van der Waals surface area contributed by atoms with E-state index < -0.39 is 0 Å². The molecule has 2 aromatic rings. The van der Waals surface area contributed by atoms with Crippen molar-refractivity contribution in [1.82, 2.24) is 19.7 Å². The molecule has 0 saturated carbocycles. The number of benzene rings is 1. The van der Waals surface area contributed by atoms with Gasteiger partial charge in [-0.3, -0.25) is 14.8 Å². The number of morpholine rings is 1. The molecule has 3 heterocycles. The molecule has 9 heteroatoms. The number of nitrogens with one attached hydrogen (secondary N) is 1. The molecule has 0 unspecified atom stereocenters. The number of nitrogens with zero attached hydrogens (tertiary/aromatic N) is 4. The molecule has 4 rings (SSSR count). The Morgan fingerprint density at radius 2 is 1.94 bits per heavy atom. The number of hydrogen-bond donors (Lipinski definition) is 1. The van der Waals surface area contributed by atoms with E-state index in [1.807, 2.05) is 17.2 Å². The van der Waals surface area contributed by atoms with Crippen molar-refractivity contribution in [3.8, 4) is 0 Å². The number of aromatic nitrogens is 1. The zero-order valence-corrected chi connectivity index (χ0v) is 18.9. The number of piperazine rings is 1. The minimum Gasteiger partial charge on any atom is -0.374 e. The lowest BCUT2D eigenvalue weighted by atomic mass is 10.2. The second kappa shape index (κ2) is 10.6. The smallest absolute Gasteiger partial charge is 0.321 e. The molecule has 1 aromatic carbocycles. The van der Waals surface area contributed by atoms with Crippen LogP contribution in [0, 0.1) is 0 Å². The summed E-state index contributed by atoms with van der Waals surface area (Å²) < 4.78 is 6.01. The highest BCUT2D eigenvalue weighted by molar-refractivity contribution is 6.42. The molecule has 166 valence electrons. The number of carbonyl (C=O) groups excluding carboxylic acids is 1. The van der Waals surface area contributed by atoms with Crippen molar-refractivity contribution >= 4 is 34.9 Å². The standard InChI is InChI=1S/C22H27Cl2N5O2/c23-20-4-3-18(12-21(20)24)26-22(30)29-8-6-27(7-9-29)15-19-16-28(10-11-31-19)14-17-2-1-5-25-13-17/h1-5,12-13,19H,6-11,14-16H2,(H,26,30)/t19-/m0/s1. The van der Waals surface area contributed by atoms with E-state index in [0.29, 0.717) is 28.8 Å². The topological polar surface area (TPSA) is 60.9 Å². The molecule has 0 bridgehead atoms. The van der Waals surface area contributed by atoms with Crippen LogP contribution in [-0.2, 0) is 11.3 Å². The molecular formula is C22H27Cl2N5O2. The Morgan fingerprint density at radius 3 is 2.68 bits per heavy atom. The highest BCUT2D eigenvalue weighted by atomic mass is 35.5. The number of halogens is 2. The minimum absolute atomic E-state index is 0.116. The number of carbonyl (C=O) groups is 1. The predicted molar refractivity (Wildman–Crippen MR) is 123 cm³/mol. The highest BCUT2D eigenvalue weighted by Crippen LogP contribution is 2.25. The molecule has 1 N–H and O–H groups in total. The van der Waals surface area contributed by atoms with Crippen LogP contribution in [0.25, 0.3) is 0 Å². The van der Waals surface area contributed by atoms with Crippen molar-refractivity contribution in [3.63, 3.8) is 0 Å². The molecule has 2 fully saturated rings. The zero-order chi connectivity index (χ0) is 21.6. The van der Waals surface area contributed by atoms with Crippen LogP contribution in [0.2, 0.25) is 10.0 Å². The first-order valence-corrected chi connectivity index (χ1v) is 11.3. The van der Waals surface area contributed by atoms with Crippen LogP contribution >= 0.6 is 23.2 Å². The van der Waals surface area contributed by atoms with Gasteiger partial charge in [0.1, 0.15) is 0 Å². The molecule has 1 aromatic heterocycles. The van der Waals surface area contributed by atoms with Crippen LogP contribution in [0.4, 0.5) is 10.5 Å². The molecule has 31 heavy (non-hydrogen) atoms. The van der Waals surface area contributed by atoms with Gasteiger partial charge >= 0.3 is 6.03 Å². The van der Waals surface area contributed by atoms with Gasteiger partial charge in [0.25, 0.3) is 0 Å². The van der Waals surface area contributed by atoms with Crippen LogP contribution in [0.5, 0.6) is 0 Å². The molecule has 2 saturated heterocycles. The third-order valence-corrected chi connectivity index (χ3v) is 6.38. The summed E-state index contributed by atoms with van der Waals surface area (Å²) in [6.07, 6.45) is 3.91. The van der Waals surface area contributed by atoms with Crippen molar-refractivity contribution in [2.75, 3.05) is 57.7 Å². The average Bonchev–Trinajstić information content (AvgIpc) is 2.78.